The summed E-state index contributed by atoms with van der Waals surface area (Å²) in [4.78, 5) is 0. The third-order valence-electron chi connectivity index (χ3n) is 0. The monoisotopic (exact) mass is 160 g/mol. The largest absolute Gasteiger partial charge is 0.456 e. The lowest BCUT2D eigenvalue weighted by Crippen LogP contribution is -1.10. The first-order chi connectivity index (χ1) is 1.73. The number of rotatable bonds is 0. The van der Waals surface area contributed by atoms with Crippen LogP contribution in [0, 0.1) is 0 Å². The van der Waals surface area contributed by atoms with Crippen molar-refractivity contribution in [1.29, 1.82) is 0 Å². The smallest absolute Gasteiger partial charge is 0.152 e. The van der Waals surface area contributed by atoms with Gasteiger partial charge >= 0.3 is 8.85 Å². The van der Waals surface area contributed by atoms with Crippen molar-refractivity contribution >= 4 is 33.7 Å². The van der Waals surface area contributed by atoms with Crippen molar-refractivity contribution in [3.05, 3.63) is 0 Å². The molecule has 0 aromatic rings. The summed E-state index contributed by atoms with van der Waals surface area (Å²) < 4.78 is 29.2. The molecule has 0 aromatic heterocycles. The van der Waals surface area contributed by atoms with Gasteiger partial charge in [-0.15, -0.1) is 24.8 Å². The van der Waals surface area contributed by atoms with Gasteiger partial charge in [-0.3, -0.25) is 0 Å². The minimum Gasteiger partial charge on any atom is -0.152 e. The first-order valence-corrected chi connectivity index (χ1v) is 1.52. The van der Waals surface area contributed by atoms with E-state index in [0.717, 1.165) is 0 Å². The number of hydrogen-bond donors (Lipinski definition) is 0. The molecule has 0 amide bonds. The average molecular weight is 161 g/mol. The van der Waals surface area contributed by atoms with E-state index in [1.54, 1.807) is 0 Å². The Bertz CT molecular complexity index is 13.5. The van der Waals surface area contributed by atoms with E-state index in [2.05, 4.69) is 0 Å². The van der Waals surface area contributed by atoms with E-state index in [1.807, 2.05) is 0 Å². The molecule has 42 valence electrons. The molecule has 6 heteroatoms. The molecule has 0 aliphatic rings. The highest BCUT2D eigenvalue weighted by molar-refractivity contribution is 7.40. The van der Waals surface area contributed by atoms with Gasteiger partial charge in [0.25, 0.3) is 0 Å². The second-order valence-corrected chi connectivity index (χ2v) is 0.575. The van der Waals surface area contributed by atoms with Crippen LogP contribution in [0.25, 0.3) is 0 Å². The lowest BCUT2D eigenvalue weighted by molar-refractivity contribution is 0.633. The summed E-state index contributed by atoms with van der Waals surface area (Å²) in [5.74, 6) is 0. The van der Waals surface area contributed by atoms with Crippen LogP contribution < -0.4 is 0 Å². The summed E-state index contributed by atoms with van der Waals surface area (Å²) in [5, 5.41) is 0. The Hall–Kier alpha value is 0.800. The lowest BCUT2D eigenvalue weighted by atomic mass is 18.8. The van der Waals surface area contributed by atoms with Gasteiger partial charge in [-0.2, -0.15) is 12.6 Å². The van der Waals surface area contributed by atoms with Crippen LogP contribution in [0.5, 0.6) is 0 Å². The van der Waals surface area contributed by atoms with Crippen molar-refractivity contribution in [2.45, 2.75) is 0 Å². The molecule has 0 rings (SSSR count). The zero-order valence-corrected chi connectivity index (χ0v) is 4.93. The summed E-state index contributed by atoms with van der Waals surface area (Å²) in [6, 6.07) is 0. The SMILES string of the molecule is Cl.Cl.FP(F)F. The van der Waals surface area contributed by atoms with Crippen LogP contribution in [-0.4, -0.2) is 0 Å². The van der Waals surface area contributed by atoms with Gasteiger partial charge < -0.3 is 0 Å². The molecule has 0 aliphatic heterocycles. The summed E-state index contributed by atoms with van der Waals surface area (Å²) in [6.45, 7) is 0. The third kappa shape index (κ3) is 108. The normalized spacial score (nSPS) is 6.00. The van der Waals surface area contributed by atoms with Crippen LogP contribution in [0.2, 0.25) is 0 Å². The van der Waals surface area contributed by atoms with Crippen LogP contribution >= 0.6 is 33.7 Å². The zero-order chi connectivity index (χ0) is 3.58. The molecule has 0 unspecified atom stereocenters. The maximum atomic E-state index is 9.73. The maximum Gasteiger partial charge on any atom is 0.456 e. The van der Waals surface area contributed by atoms with Crippen LogP contribution in [0.15, 0.2) is 0 Å². The van der Waals surface area contributed by atoms with Crippen LogP contribution in [-0.2, 0) is 0 Å². The van der Waals surface area contributed by atoms with Crippen LogP contribution in [0.3, 0.4) is 0 Å². The van der Waals surface area contributed by atoms with Gasteiger partial charge in [-0.05, 0) is 0 Å². The summed E-state index contributed by atoms with van der Waals surface area (Å²) in [7, 11) is -4.12. The molecule has 0 aliphatic carbocycles. The highest BCUT2D eigenvalue weighted by Crippen LogP contribution is 2.39. The fourth-order valence-corrected chi connectivity index (χ4v) is 0. The molecule has 0 bridgehead atoms. The van der Waals surface area contributed by atoms with E-state index in [1.165, 1.54) is 0 Å². The van der Waals surface area contributed by atoms with Gasteiger partial charge in [0, 0.05) is 0 Å². The summed E-state index contributed by atoms with van der Waals surface area (Å²) >= 11 is 0. The Morgan fingerprint density at radius 3 is 0.833 bits per heavy atom. The second kappa shape index (κ2) is 9.25. The Kier molecular flexibility index (Phi) is 24.4. The average Bonchev–Trinajstić information content (AvgIpc) is 0.811. The van der Waals surface area contributed by atoms with Crippen molar-refractivity contribution in [3.8, 4) is 0 Å². The molecule has 0 aromatic carbocycles. The van der Waals surface area contributed by atoms with E-state index in [4.69, 9.17) is 0 Å². The van der Waals surface area contributed by atoms with Gasteiger partial charge in [0.1, 0.15) is 0 Å². The maximum absolute atomic E-state index is 9.73. The molecular formula is H2Cl2F3P. The molecule has 0 radical (unpaired) electrons. The highest BCUT2D eigenvalue weighted by atomic mass is 35.5. The highest BCUT2D eigenvalue weighted by Gasteiger charge is 1.91. The molecule has 0 fully saturated rings. The Morgan fingerprint density at radius 2 is 0.833 bits per heavy atom. The molecule has 0 spiro atoms. The van der Waals surface area contributed by atoms with E-state index >= 15 is 0 Å². The topological polar surface area (TPSA) is 0 Å². The van der Waals surface area contributed by atoms with Gasteiger partial charge in [0.15, 0.2) is 0 Å². The predicted molar refractivity (Wildman–Crippen MR) is 24.7 cm³/mol. The van der Waals surface area contributed by atoms with Crippen molar-refractivity contribution in [2.75, 3.05) is 0 Å². The van der Waals surface area contributed by atoms with Crippen molar-refractivity contribution in [2.24, 2.45) is 0 Å². The first-order valence-electron chi connectivity index (χ1n) is 0.507. The van der Waals surface area contributed by atoms with Crippen molar-refractivity contribution in [1.82, 2.24) is 0 Å². The molecule has 0 saturated carbocycles. The Balaban J connectivity index is -0.0000000450. The summed E-state index contributed by atoms with van der Waals surface area (Å²) in [5.41, 5.74) is 0. The minimum absolute atomic E-state index is 0. The quantitative estimate of drug-likeness (QED) is 0.479. The summed E-state index contributed by atoms with van der Waals surface area (Å²) in [6.07, 6.45) is 0. The van der Waals surface area contributed by atoms with E-state index in [-0.39, 0.29) is 24.8 Å². The van der Waals surface area contributed by atoms with Crippen molar-refractivity contribution in [3.63, 3.8) is 0 Å². The standard InChI is InChI=1S/2ClH.F3P/c;;1-4(2)3/h2*1H;. The van der Waals surface area contributed by atoms with Crippen LogP contribution in [0.4, 0.5) is 12.6 Å². The van der Waals surface area contributed by atoms with Gasteiger partial charge in [-0.25, -0.2) is 0 Å². The van der Waals surface area contributed by atoms with E-state index in [9.17, 15) is 12.6 Å². The molecule has 0 nitrogen and oxygen atoms in total. The predicted octanol–water partition coefficient (Wildman–Crippen LogP) is 2.97. The number of hydrogen-bond acceptors (Lipinski definition) is 0. The van der Waals surface area contributed by atoms with Gasteiger partial charge in [-0.1, -0.05) is 0 Å². The van der Waals surface area contributed by atoms with E-state index in [0.29, 0.717) is 0 Å². The van der Waals surface area contributed by atoms with Gasteiger partial charge in [0.2, 0.25) is 0 Å². The molecule has 0 N–H and O–H groups in total. The fraction of sp³-hybridized carbons (Fsp3) is 0. The Labute approximate surface area is 47.0 Å². The first kappa shape index (κ1) is 15.8. The minimum atomic E-state index is -4.12. The molecule has 0 heterocycles. The molecular weight excluding hydrogens is 159 g/mol. The second-order valence-electron chi connectivity index (χ2n) is 0.192. The van der Waals surface area contributed by atoms with E-state index < -0.39 is 8.85 Å². The fourth-order valence-electron chi connectivity index (χ4n) is 0. The third-order valence-corrected chi connectivity index (χ3v) is 0. The number of halogens is 5. The molecule has 0 saturated heterocycles. The Morgan fingerprint density at radius 1 is 0.833 bits per heavy atom. The zero-order valence-electron chi connectivity index (χ0n) is 2.40. The van der Waals surface area contributed by atoms with Crippen LogP contribution in [0.1, 0.15) is 0 Å². The lowest BCUT2D eigenvalue weighted by Gasteiger charge is -1.61. The van der Waals surface area contributed by atoms with Crippen molar-refractivity contribution < 1.29 is 12.6 Å². The molecule has 0 atom stereocenters. The van der Waals surface area contributed by atoms with Gasteiger partial charge in [0.05, 0.1) is 0 Å². The molecule has 6 heavy (non-hydrogen) atoms.